The average molecular weight is 539 g/mol. The lowest BCUT2D eigenvalue weighted by Crippen LogP contribution is -2.18. The lowest BCUT2D eigenvalue weighted by Gasteiger charge is -2.20. The van der Waals surface area contributed by atoms with Gasteiger partial charge in [-0.05, 0) is 36.4 Å². The van der Waals surface area contributed by atoms with E-state index in [4.69, 9.17) is 24.8 Å². The van der Waals surface area contributed by atoms with Crippen LogP contribution in [0, 0.1) is 11.2 Å². The van der Waals surface area contributed by atoms with Crippen molar-refractivity contribution in [1.29, 1.82) is 5.41 Å². The first-order valence-electron chi connectivity index (χ1n) is 11.4. The summed E-state index contributed by atoms with van der Waals surface area (Å²) in [5, 5.41) is 25.6. The molecule has 14 heteroatoms. The Balaban J connectivity index is 0.000000983. The molecule has 0 aliphatic carbocycles. The summed E-state index contributed by atoms with van der Waals surface area (Å²) < 4.78 is 26.8. The van der Waals surface area contributed by atoms with Crippen LogP contribution < -0.4 is 25.8 Å². The minimum atomic E-state index is -0.929. The van der Waals surface area contributed by atoms with Crippen molar-refractivity contribution < 1.29 is 23.8 Å². The van der Waals surface area contributed by atoms with E-state index in [2.05, 4.69) is 30.7 Å². The van der Waals surface area contributed by atoms with Gasteiger partial charge in [0.25, 0.3) is 11.9 Å². The molecular weight excluding hydrogens is 511 g/mol. The van der Waals surface area contributed by atoms with E-state index in [1.54, 1.807) is 37.4 Å². The maximum atomic E-state index is 15.3. The maximum Gasteiger partial charge on any atom is 0.350 e. The fourth-order valence-electron chi connectivity index (χ4n) is 3.44. The van der Waals surface area contributed by atoms with Gasteiger partial charge in [0.2, 0.25) is 0 Å². The second-order valence-corrected chi connectivity index (χ2v) is 7.80. The van der Waals surface area contributed by atoms with E-state index in [1.165, 1.54) is 38.7 Å². The van der Waals surface area contributed by atoms with Gasteiger partial charge >= 0.3 is 5.69 Å². The molecule has 0 aliphatic rings. The highest BCUT2D eigenvalue weighted by Crippen LogP contribution is 2.35. The molecule has 2 heterocycles. The molecule has 0 saturated heterocycles. The number of hydrogen-bond donors (Lipinski definition) is 5. The minimum Gasteiger partial charge on any atom is -0.493 e. The number of aromatic nitrogens is 5. The van der Waals surface area contributed by atoms with Crippen LogP contribution in [0.25, 0.3) is 5.95 Å². The molecule has 0 aliphatic heterocycles. The van der Waals surface area contributed by atoms with Gasteiger partial charge in [-0.25, -0.2) is 19.2 Å². The molecule has 1 unspecified atom stereocenters. The number of carboxylic acids is 1. The van der Waals surface area contributed by atoms with E-state index < -0.39 is 23.5 Å². The third kappa shape index (κ3) is 6.94. The molecule has 0 saturated carbocycles. The molecule has 0 fully saturated rings. The molecule has 13 nitrogen and oxygen atoms in total. The lowest BCUT2D eigenvalue weighted by molar-refractivity contribution is -0.134. The van der Waals surface area contributed by atoms with Gasteiger partial charge in [-0.1, -0.05) is 0 Å². The second kappa shape index (κ2) is 12.8. The molecule has 2 aromatic carbocycles. The SMILES string of the molecule is CC(=O)O.CNC(=N)c1ccc(NC(c2nn(-c3ncccn3)c(=O)[nH]2)c2cc(OC)c(OC)cc2F)cc1. The standard InChI is InChI=1S/C23H23FN8O3.C2H4O2/c1-26-20(25)13-5-7-14(8-6-13)29-19(15-11-17(34-2)18(35-3)12-16(15)24)21-30-23(33)32(31-21)22-27-9-4-10-28-22;1-2(3)4/h4-12,19,29H,1-3H3,(H2,25,26)(H,30,31,33);1H3,(H,3,4). The zero-order valence-electron chi connectivity index (χ0n) is 21.5. The highest BCUT2D eigenvalue weighted by molar-refractivity contribution is 5.96. The first-order valence-corrected chi connectivity index (χ1v) is 11.4. The maximum absolute atomic E-state index is 15.3. The second-order valence-electron chi connectivity index (χ2n) is 7.80. The molecular formula is C25H27FN8O5. The largest absolute Gasteiger partial charge is 0.493 e. The Kier molecular flexibility index (Phi) is 9.29. The van der Waals surface area contributed by atoms with E-state index >= 15 is 4.39 Å². The quantitative estimate of drug-likeness (QED) is 0.165. The van der Waals surface area contributed by atoms with E-state index in [0.29, 0.717) is 17.0 Å². The number of hydrogen-bond acceptors (Lipinski definition) is 9. The smallest absolute Gasteiger partial charge is 0.350 e. The molecule has 2 aromatic heterocycles. The fraction of sp³-hybridized carbons (Fsp3) is 0.200. The first-order chi connectivity index (χ1) is 18.7. The summed E-state index contributed by atoms with van der Waals surface area (Å²) in [5.74, 6) is -0.451. The van der Waals surface area contributed by atoms with Crippen LogP contribution in [0.1, 0.15) is 29.9 Å². The number of carbonyl (C=O) groups is 1. The van der Waals surface area contributed by atoms with Crippen molar-refractivity contribution in [2.45, 2.75) is 13.0 Å². The molecule has 0 radical (unpaired) electrons. The Morgan fingerprint density at radius 3 is 2.28 bits per heavy atom. The van der Waals surface area contributed by atoms with Crippen LogP contribution in [0.2, 0.25) is 0 Å². The minimum absolute atomic E-state index is 0.0708. The molecule has 0 amide bonds. The summed E-state index contributed by atoms with van der Waals surface area (Å²) in [5.41, 5.74) is 0.843. The highest BCUT2D eigenvalue weighted by atomic mass is 19.1. The van der Waals surface area contributed by atoms with Crippen LogP contribution in [0.3, 0.4) is 0 Å². The number of anilines is 1. The van der Waals surface area contributed by atoms with E-state index in [1.807, 2.05) is 0 Å². The Morgan fingerprint density at radius 1 is 1.13 bits per heavy atom. The highest BCUT2D eigenvalue weighted by Gasteiger charge is 2.26. The van der Waals surface area contributed by atoms with Crippen LogP contribution in [-0.2, 0) is 4.79 Å². The Labute approximate surface area is 222 Å². The van der Waals surface area contributed by atoms with Crippen molar-refractivity contribution in [2.75, 3.05) is 26.6 Å². The zero-order chi connectivity index (χ0) is 28.5. The Bertz CT molecular complexity index is 1480. The number of amidine groups is 1. The topological polar surface area (TPSA) is 180 Å². The van der Waals surface area contributed by atoms with Gasteiger partial charge in [-0.15, -0.1) is 9.78 Å². The lowest BCUT2D eigenvalue weighted by atomic mass is 10.0. The molecule has 4 rings (SSSR count). The third-order valence-corrected chi connectivity index (χ3v) is 5.20. The first kappa shape index (κ1) is 28.3. The summed E-state index contributed by atoms with van der Waals surface area (Å²) in [7, 11) is 4.52. The zero-order valence-corrected chi connectivity index (χ0v) is 21.5. The number of rotatable bonds is 8. The van der Waals surface area contributed by atoms with Gasteiger partial charge in [0, 0.05) is 49.2 Å². The third-order valence-electron chi connectivity index (χ3n) is 5.20. The van der Waals surface area contributed by atoms with Crippen LogP contribution in [0.4, 0.5) is 10.1 Å². The molecule has 39 heavy (non-hydrogen) atoms. The van der Waals surface area contributed by atoms with Crippen molar-refractivity contribution >= 4 is 17.5 Å². The molecule has 4 aromatic rings. The number of H-pyrrole nitrogens is 1. The number of halogens is 1. The molecule has 204 valence electrons. The number of carboxylic acid groups (broad SMARTS) is 1. The number of aliphatic carboxylic acids is 1. The van der Waals surface area contributed by atoms with E-state index in [0.717, 1.165) is 11.6 Å². The summed E-state index contributed by atoms with van der Waals surface area (Å²) in [6.07, 6.45) is 2.97. The average Bonchev–Trinajstić information content (AvgIpc) is 3.33. The van der Waals surface area contributed by atoms with Gasteiger partial charge in [0.1, 0.15) is 17.7 Å². The van der Waals surface area contributed by atoms with Gasteiger partial charge in [-0.3, -0.25) is 15.2 Å². The number of methoxy groups -OCH3 is 2. The number of aromatic amines is 1. The summed E-state index contributed by atoms with van der Waals surface area (Å²) in [6.45, 7) is 1.08. The predicted octanol–water partition coefficient (Wildman–Crippen LogP) is 2.34. The predicted molar refractivity (Wildman–Crippen MR) is 140 cm³/mol. The summed E-state index contributed by atoms with van der Waals surface area (Å²) >= 11 is 0. The Morgan fingerprint density at radius 2 is 1.72 bits per heavy atom. The van der Waals surface area contributed by atoms with E-state index in [9.17, 15) is 4.79 Å². The monoisotopic (exact) mass is 538 g/mol. The normalized spacial score (nSPS) is 11.0. The van der Waals surface area contributed by atoms with Crippen molar-refractivity contribution in [1.82, 2.24) is 30.0 Å². The molecule has 1 atom stereocenters. The molecule has 5 N–H and O–H groups in total. The molecule has 0 spiro atoms. The fourth-order valence-corrected chi connectivity index (χ4v) is 3.44. The number of nitrogens with zero attached hydrogens (tertiary/aromatic N) is 4. The van der Waals surface area contributed by atoms with Crippen molar-refractivity contribution in [3.05, 3.63) is 88.1 Å². The van der Waals surface area contributed by atoms with Gasteiger partial charge < -0.3 is 25.2 Å². The molecule has 0 bridgehead atoms. The van der Waals surface area contributed by atoms with Crippen molar-refractivity contribution in [3.8, 4) is 17.4 Å². The van der Waals surface area contributed by atoms with Gasteiger partial charge in [0.15, 0.2) is 17.3 Å². The Hall–Kier alpha value is -5.27. The van der Waals surface area contributed by atoms with Crippen molar-refractivity contribution in [3.63, 3.8) is 0 Å². The van der Waals surface area contributed by atoms with Gasteiger partial charge in [0.05, 0.1) is 14.2 Å². The van der Waals surface area contributed by atoms with Crippen LogP contribution >= 0.6 is 0 Å². The van der Waals surface area contributed by atoms with Crippen molar-refractivity contribution in [2.24, 2.45) is 0 Å². The van der Waals surface area contributed by atoms with Crippen LogP contribution in [0.5, 0.6) is 11.5 Å². The summed E-state index contributed by atoms with van der Waals surface area (Å²) in [6, 6.07) is 10.3. The summed E-state index contributed by atoms with van der Waals surface area (Å²) in [4.78, 5) is 32.4. The van der Waals surface area contributed by atoms with E-state index in [-0.39, 0.29) is 28.9 Å². The van der Waals surface area contributed by atoms with Crippen LogP contribution in [0.15, 0.2) is 59.7 Å². The number of ether oxygens (including phenoxy) is 2. The van der Waals surface area contributed by atoms with Gasteiger partial charge in [-0.2, -0.15) is 0 Å². The number of nitrogens with one attached hydrogen (secondary N) is 4. The number of benzene rings is 2. The van der Waals surface area contributed by atoms with Crippen LogP contribution in [-0.4, -0.2) is 62.9 Å².